The third-order valence-corrected chi connectivity index (χ3v) is 0.887. The zero-order valence-corrected chi connectivity index (χ0v) is 5.76. The lowest BCUT2D eigenvalue weighted by molar-refractivity contribution is 0.277. The van der Waals surface area contributed by atoms with E-state index in [-0.39, 0.29) is 6.61 Å². The Morgan fingerprint density at radius 1 is 1.78 bits per heavy atom. The lowest BCUT2D eigenvalue weighted by Crippen LogP contribution is -1.82. The van der Waals surface area contributed by atoms with Gasteiger partial charge in [0, 0.05) is 0 Å². The van der Waals surface area contributed by atoms with Gasteiger partial charge in [0.15, 0.2) is 5.82 Å². The normalized spacial score (nSPS) is 10.0. The van der Waals surface area contributed by atoms with Crippen LogP contribution in [0.15, 0.2) is 4.52 Å². The van der Waals surface area contributed by atoms with Gasteiger partial charge in [-0.2, -0.15) is 4.98 Å². The molecule has 0 aliphatic rings. The van der Waals surface area contributed by atoms with Crippen molar-refractivity contribution in [2.75, 3.05) is 0 Å². The number of thiol groups is 1. The largest absolute Gasteiger partial charge is 0.337 e. The Morgan fingerprint density at radius 2 is 2.56 bits per heavy atom. The maximum Gasteiger partial charge on any atom is 0.253 e. The molecule has 0 spiro atoms. The highest BCUT2D eigenvalue weighted by Crippen LogP contribution is 1.97. The maximum absolute atomic E-state index is 4.67. The lowest BCUT2D eigenvalue weighted by atomic mass is 10.7. The lowest BCUT2D eigenvalue weighted by Gasteiger charge is -1.83. The van der Waals surface area contributed by atoms with E-state index in [9.17, 15) is 0 Å². The van der Waals surface area contributed by atoms with Crippen LogP contribution in [0.2, 0.25) is 0 Å². The molecule has 0 bridgehead atoms. The Balaban J connectivity index is 2.61. The average molecular weight is 146 g/mol. The van der Waals surface area contributed by atoms with Gasteiger partial charge in [-0.1, -0.05) is 5.16 Å². The zero-order valence-electron chi connectivity index (χ0n) is 4.87. The number of rotatable bonds is 2. The van der Waals surface area contributed by atoms with E-state index in [0.29, 0.717) is 11.7 Å². The quantitative estimate of drug-likeness (QED) is 0.494. The van der Waals surface area contributed by atoms with Crippen LogP contribution in [0.25, 0.3) is 0 Å². The molecule has 0 radical (unpaired) electrons. The molecule has 5 heteroatoms. The highest BCUT2D eigenvalue weighted by Gasteiger charge is 1.99. The first-order chi connectivity index (χ1) is 4.33. The van der Waals surface area contributed by atoms with Crippen molar-refractivity contribution in [3.8, 4) is 0 Å². The molecule has 0 fully saturated rings. The van der Waals surface area contributed by atoms with Crippen molar-refractivity contribution in [3.05, 3.63) is 11.7 Å². The highest BCUT2D eigenvalue weighted by molar-refractivity contribution is 7.75. The van der Waals surface area contributed by atoms with Crippen LogP contribution in [-0.4, -0.2) is 10.1 Å². The summed E-state index contributed by atoms with van der Waals surface area (Å²) in [5, 5.41) is 3.54. The SMILES string of the molecule is Cc1noc(COS)n1. The fourth-order valence-corrected chi connectivity index (χ4v) is 0.564. The predicted molar refractivity (Wildman–Crippen MR) is 32.8 cm³/mol. The van der Waals surface area contributed by atoms with E-state index in [1.54, 1.807) is 6.92 Å². The molecule has 0 N–H and O–H groups in total. The van der Waals surface area contributed by atoms with Gasteiger partial charge in [-0.05, 0) is 19.8 Å². The predicted octanol–water partition coefficient (Wildman–Crippen LogP) is 0.739. The maximum atomic E-state index is 4.67. The van der Waals surface area contributed by atoms with E-state index in [2.05, 4.69) is 31.8 Å². The molecule has 0 atom stereocenters. The van der Waals surface area contributed by atoms with Crippen LogP contribution < -0.4 is 0 Å². The smallest absolute Gasteiger partial charge is 0.253 e. The van der Waals surface area contributed by atoms with Crippen molar-refractivity contribution >= 4 is 12.9 Å². The van der Waals surface area contributed by atoms with Crippen molar-refractivity contribution in [2.45, 2.75) is 13.5 Å². The summed E-state index contributed by atoms with van der Waals surface area (Å²) in [7, 11) is 0. The minimum Gasteiger partial charge on any atom is -0.337 e. The molecule has 1 rings (SSSR count). The topological polar surface area (TPSA) is 48.2 Å². The van der Waals surface area contributed by atoms with Crippen LogP contribution >= 0.6 is 12.9 Å². The first-order valence-corrected chi connectivity index (χ1v) is 2.75. The van der Waals surface area contributed by atoms with Gasteiger partial charge in [-0.3, -0.25) is 0 Å². The molecule has 4 nitrogen and oxygen atoms in total. The summed E-state index contributed by atoms with van der Waals surface area (Å²) in [6, 6.07) is 0. The monoisotopic (exact) mass is 146 g/mol. The molecule has 0 aromatic carbocycles. The molecular formula is C4H6N2O2S. The molecule has 0 unspecified atom stereocenters. The second-order valence-corrected chi connectivity index (χ2v) is 1.77. The second-order valence-electron chi connectivity index (χ2n) is 1.51. The fourth-order valence-electron chi connectivity index (χ4n) is 0.454. The molecule has 0 aliphatic heterocycles. The van der Waals surface area contributed by atoms with Gasteiger partial charge in [0.1, 0.15) is 6.61 Å². The average Bonchev–Trinajstić information content (AvgIpc) is 2.17. The van der Waals surface area contributed by atoms with E-state index in [4.69, 9.17) is 0 Å². The molecule has 0 aliphatic carbocycles. The van der Waals surface area contributed by atoms with E-state index in [0.717, 1.165) is 0 Å². The third-order valence-electron chi connectivity index (χ3n) is 0.758. The van der Waals surface area contributed by atoms with Gasteiger partial charge in [0.25, 0.3) is 5.89 Å². The van der Waals surface area contributed by atoms with E-state index >= 15 is 0 Å². The molecule has 1 aromatic heterocycles. The van der Waals surface area contributed by atoms with Crippen molar-refractivity contribution in [2.24, 2.45) is 0 Å². The number of nitrogens with zero attached hydrogens (tertiary/aromatic N) is 2. The third kappa shape index (κ3) is 1.69. The molecule has 0 amide bonds. The second kappa shape index (κ2) is 2.84. The minimum atomic E-state index is 0.254. The number of aromatic nitrogens is 2. The van der Waals surface area contributed by atoms with Gasteiger partial charge < -0.3 is 8.71 Å². The molecule has 1 aromatic rings. The van der Waals surface area contributed by atoms with Crippen LogP contribution in [0.3, 0.4) is 0 Å². The van der Waals surface area contributed by atoms with Crippen molar-refractivity contribution in [3.63, 3.8) is 0 Å². The Morgan fingerprint density at radius 3 is 3.00 bits per heavy atom. The van der Waals surface area contributed by atoms with Crippen LogP contribution in [0, 0.1) is 6.92 Å². The standard InChI is InChI=1S/C4H6N2O2S/c1-3-5-4(2-7-9)8-6-3/h9H,2H2,1H3. The van der Waals surface area contributed by atoms with Gasteiger partial charge in [-0.25, -0.2) is 0 Å². The number of hydrogen-bond acceptors (Lipinski definition) is 5. The van der Waals surface area contributed by atoms with Crippen molar-refractivity contribution in [1.29, 1.82) is 0 Å². The molecular weight excluding hydrogens is 140 g/mol. The molecule has 0 saturated heterocycles. The molecule has 1 heterocycles. The summed E-state index contributed by atoms with van der Waals surface area (Å²) in [5.41, 5.74) is 0. The van der Waals surface area contributed by atoms with Crippen molar-refractivity contribution in [1.82, 2.24) is 10.1 Å². The van der Waals surface area contributed by atoms with Crippen LogP contribution in [-0.2, 0) is 10.8 Å². The Hall–Kier alpha value is -0.550. The summed E-state index contributed by atoms with van der Waals surface area (Å²) < 4.78 is 9.11. The number of aryl methyl sites for hydroxylation is 1. The summed E-state index contributed by atoms with van der Waals surface area (Å²) in [5.74, 6) is 1.05. The van der Waals surface area contributed by atoms with Gasteiger partial charge in [0.05, 0.1) is 0 Å². The Kier molecular flexibility index (Phi) is 2.07. The van der Waals surface area contributed by atoms with Crippen molar-refractivity contribution < 1.29 is 8.71 Å². The van der Waals surface area contributed by atoms with E-state index in [1.165, 1.54) is 0 Å². The number of hydrogen-bond donors (Lipinski definition) is 1. The molecule has 9 heavy (non-hydrogen) atoms. The summed E-state index contributed by atoms with van der Waals surface area (Å²) in [6.45, 7) is 2.00. The van der Waals surface area contributed by atoms with E-state index < -0.39 is 0 Å². The van der Waals surface area contributed by atoms with Crippen LogP contribution in [0.4, 0.5) is 0 Å². The first kappa shape index (κ1) is 6.57. The van der Waals surface area contributed by atoms with Gasteiger partial charge >= 0.3 is 0 Å². The zero-order chi connectivity index (χ0) is 6.69. The van der Waals surface area contributed by atoms with E-state index in [1.807, 2.05) is 0 Å². The summed E-state index contributed by atoms with van der Waals surface area (Å²) in [6.07, 6.45) is 0. The van der Waals surface area contributed by atoms with Gasteiger partial charge in [-0.15, -0.1) is 0 Å². The Bertz CT molecular complexity index is 188. The van der Waals surface area contributed by atoms with Crippen LogP contribution in [0.1, 0.15) is 11.7 Å². The highest BCUT2D eigenvalue weighted by atomic mass is 32.1. The Labute approximate surface area is 57.8 Å². The van der Waals surface area contributed by atoms with Crippen LogP contribution in [0.5, 0.6) is 0 Å². The fraction of sp³-hybridized carbons (Fsp3) is 0.500. The molecule has 0 saturated carbocycles. The summed E-state index contributed by atoms with van der Waals surface area (Å²) >= 11 is 3.51. The molecule has 50 valence electrons. The first-order valence-electron chi connectivity index (χ1n) is 2.38. The summed E-state index contributed by atoms with van der Waals surface area (Å²) in [4.78, 5) is 3.85. The minimum absolute atomic E-state index is 0.254. The van der Waals surface area contributed by atoms with Gasteiger partial charge in [0.2, 0.25) is 0 Å².